The summed E-state index contributed by atoms with van der Waals surface area (Å²) in [5.41, 5.74) is 1.21. The second-order valence-electron chi connectivity index (χ2n) is 5.89. The van der Waals surface area contributed by atoms with Crippen LogP contribution in [0.2, 0.25) is 5.02 Å². The second-order valence-corrected chi connectivity index (χ2v) is 6.30. The first-order chi connectivity index (χ1) is 10.6. The molecule has 116 valence electrons. The highest BCUT2D eigenvalue weighted by Crippen LogP contribution is 2.27. The minimum atomic E-state index is -0.393. The highest BCUT2D eigenvalue weighted by Gasteiger charge is 2.28. The fourth-order valence-corrected chi connectivity index (χ4v) is 3.28. The zero-order chi connectivity index (χ0) is 15.7. The first-order valence-corrected chi connectivity index (χ1v) is 7.96. The van der Waals surface area contributed by atoms with Crippen molar-refractivity contribution in [3.63, 3.8) is 0 Å². The van der Waals surface area contributed by atoms with E-state index in [0.29, 0.717) is 22.6 Å². The van der Waals surface area contributed by atoms with Crippen LogP contribution in [0.4, 0.5) is 0 Å². The number of hydrogen-bond acceptors (Lipinski definition) is 3. The minimum Gasteiger partial charge on any atom is -0.393 e. The number of nitrogens with zero attached hydrogens (tertiary/aromatic N) is 2. The summed E-state index contributed by atoms with van der Waals surface area (Å²) in [4.78, 5) is 19.0. The summed E-state index contributed by atoms with van der Waals surface area (Å²) in [6, 6.07) is 7.17. The summed E-state index contributed by atoms with van der Waals surface area (Å²) in [5.74, 6) is 0.106. The lowest BCUT2D eigenvalue weighted by atomic mass is 9.93. The van der Waals surface area contributed by atoms with Crippen LogP contribution < -0.4 is 0 Å². The molecule has 2 aromatic rings. The number of aliphatic hydroxyl groups excluding tert-OH is 1. The summed E-state index contributed by atoms with van der Waals surface area (Å²) in [5, 5.41) is 11.2. The topological polar surface area (TPSA) is 53.4 Å². The van der Waals surface area contributed by atoms with Gasteiger partial charge in [-0.2, -0.15) is 0 Å². The third-order valence-electron chi connectivity index (χ3n) is 4.37. The lowest BCUT2D eigenvalue weighted by Gasteiger charge is -2.34. The van der Waals surface area contributed by atoms with Crippen LogP contribution >= 0.6 is 11.6 Å². The molecule has 1 aromatic carbocycles. The van der Waals surface area contributed by atoms with Crippen molar-refractivity contribution in [3.8, 4) is 0 Å². The maximum absolute atomic E-state index is 12.9. The van der Waals surface area contributed by atoms with Crippen LogP contribution in [0, 0.1) is 5.92 Å². The van der Waals surface area contributed by atoms with Crippen LogP contribution in [0.15, 0.2) is 30.5 Å². The first-order valence-electron chi connectivity index (χ1n) is 7.58. The molecule has 1 aromatic heterocycles. The number of fused-ring (bicyclic) bond motifs is 1. The molecule has 0 spiro atoms. The molecule has 0 aliphatic carbocycles. The number of rotatable bonds is 2. The van der Waals surface area contributed by atoms with Gasteiger partial charge in [0.15, 0.2) is 0 Å². The lowest BCUT2D eigenvalue weighted by molar-refractivity contribution is 0.0467. The van der Waals surface area contributed by atoms with Crippen LogP contribution in [-0.4, -0.2) is 40.1 Å². The number of aliphatic hydroxyl groups is 1. The molecule has 1 fully saturated rings. The monoisotopic (exact) mass is 318 g/mol. The van der Waals surface area contributed by atoms with Gasteiger partial charge in [-0.3, -0.25) is 9.78 Å². The Morgan fingerprint density at radius 3 is 3.05 bits per heavy atom. The van der Waals surface area contributed by atoms with Crippen LogP contribution in [0.1, 0.15) is 30.1 Å². The SMILES string of the molecule is CC(O)C1CCCN(C(=O)c2ccc(Cl)c3cccnc23)C1. The predicted octanol–water partition coefficient (Wildman–Crippen LogP) is 3.12. The van der Waals surface area contributed by atoms with Crippen molar-refractivity contribution in [1.29, 1.82) is 0 Å². The van der Waals surface area contributed by atoms with Crippen LogP contribution in [0.25, 0.3) is 10.9 Å². The van der Waals surface area contributed by atoms with E-state index in [1.54, 1.807) is 25.3 Å². The molecule has 0 bridgehead atoms. The number of piperidine rings is 1. The Kier molecular flexibility index (Phi) is 4.32. The molecule has 4 nitrogen and oxygen atoms in total. The Hall–Kier alpha value is -1.65. The fourth-order valence-electron chi connectivity index (χ4n) is 3.07. The van der Waals surface area contributed by atoms with Crippen LogP contribution in [-0.2, 0) is 0 Å². The number of carbonyl (C=O) groups excluding carboxylic acids is 1. The maximum Gasteiger partial charge on any atom is 0.256 e. The lowest BCUT2D eigenvalue weighted by Crippen LogP contribution is -2.43. The molecule has 1 saturated heterocycles. The van der Waals surface area contributed by atoms with E-state index in [2.05, 4.69) is 4.98 Å². The second kappa shape index (κ2) is 6.23. The highest BCUT2D eigenvalue weighted by molar-refractivity contribution is 6.36. The molecule has 1 amide bonds. The predicted molar refractivity (Wildman–Crippen MR) is 87.1 cm³/mol. The number of aromatic nitrogens is 1. The van der Waals surface area contributed by atoms with E-state index >= 15 is 0 Å². The highest BCUT2D eigenvalue weighted by atomic mass is 35.5. The van der Waals surface area contributed by atoms with Crippen molar-refractivity contribution >= 4 is 28.4 Å². The standard InChI is InChI=1S/C17H19ClN2O2/c1-11(21)12-4-3-9-20(10-12)17(22)14-6-7-15(18)13-5-2-8-19-16(13)14/h2,5-8,11-12,21H,3-4,9-10H2,1H3. The molecule has 1 N–H and O–H groups in total. The summed E-state index contributed by atoms with van der Waals surface area (Å²) in [7, 11) is 0. The van der Waals surface area contributed by atoms with Gasteiger partial charge in [0.05, 0.1) is 22.2 Å². The normalized spacial score (nSPS) is 20.1. The molecular weight excluding hydrogens is 300 g/mol. The van der Waals surface area contributed by atoms with Gasteiger partial charge in [-0.25, -0.2) is 0 Å². The number of carbonyl (C=O) groups is 1. The van der Waals surface area contributed by atoms with E-state index < -0.39 is 6.10 Å². The Balaban J connectivity index is 1.94. The Morgan fingerprint density at radius 2 is 2.27 bits per heavy atom. The fraction of sp³-hybridized carbons (Fsp3) is 0.412. The molecule has 1 aliphatic heterocycles. The van der Waals surface area contributed by atoms with Crippen molar-refractivity contribution in [1.82, 2.24) is 9.88 Å². The molecule has 1 aliphatic rings. The number of hydrogen-bond donors (Lipinski definition) is 1. The van der Waals surface area contributed by atoms with E-state index in [9.17, 15) is 9.90 Å². The van der Waals surface area contributed by atoms with Gasteiger partial charge in [0, 0.05) is 30.6 Å². The van der Waals surface area contributed by atoms with Crippen LogP contribution in [0.3, 0.4) is 0 Å². The molecule has 2 unspecified atom stereocenters. The first kappa shape index (κ1) is 15.3. The van der Waals surface area contributed by atoms with Gasteiger partial charge in [-0.15, -0.1) is 0 Å². The van der Waals surface area contributed by atoms with E-state index in [4.69, 9.17) is 11.6 Å². The molecule has 2 heterocycles. The number of halogens is 1. The van der Waals surface area contributed by atoms with Crippen molar-refractivity contribution < 1.29 is 9.90 Å². The molecular formula is C17H19ClN2O2. The minimum absolute atomic E-state index is 0.0364. The van der Waals surface area contributed by atoms with Gasteiger partial charge in [0.1, 0.15) is 0 Å². The number of benzene rings is 1. The molecule has 0 saturated carbocycles. The van der Waals surface area contributed by atoms with Gasteiger partial charge < -0.3 is 10.0 Å². The quantitative estimate of drug-likeness (QED) is 0.925. The Morgan fingerprint density at radius 1 is 1.45 bits per heavy atom. The van der Waals surface area contributed by atoms with E-state index in [1.165, 1.54) is 0 Å². The summed E-state index contributed by atoms with van der Waals surface area (Å²) >= 11 is 6.19. The summed E-state index contributed by atoms with van der Waals surface area (Å²) in [6.07, 6.45) is 3.15. The van der Waals surface area contributed by atoms with Crippen molar-refractivity contribution in [2.75, 3.05) is 13.1 Å². The third-order valence-corrected chi connectivity index (χ3v) is 4.70. The van der Waals surface area contributed by atoms with Gasteiger partial charge >= 0.3 is 0 Å². The number of likely N-dealkylation sites (tertiary alicyclic amines) is 1. The molecule has 22 heavy (non-hydrogen) atoms. The Labute approximate surface area is 134 Å². The molecule has 0 radical (unpaired) electrons. The molecule has 3 rings (SSSR count). The van der Waals surface area contributed by atoms with Gasteiger partial charge in [-0.1, -0.05) is 11.6 Å². The van der Waals surface area contributed by atoms with E-state index in [1.807, 2.05) is 17.0 Å². The number of amides is 1. The van der Waals surface area contributed by atoms with Crippen molar-refractivity contribution in [2.45, 2.75) is 25.9 Å². The van der Waals surface area contributed by atoms with Crippen LogP contribution in [0.5, 0.6) is 0 Å². The van der Waals surface area contributed by atoms with E-state index in [0.717, 1.165) is 24.8 Å². The smallest absolute Gasteiger partial charge is 0.256 e. The largest absolute Gasteiger partial charge is 0.393 e. The van der Waals surface area contributed by atoms with Crippen molar-refractivity contribution in [2.24, 2.45) is 5.92 Å². The van der Waals surface area contributed by atoms with Crippen molar-refractivity contribution in [3.05, 3.63) is 41.0 Å². The van der Waals surface area contributed by atoms with Gasteiger partial charge in [0.25, 0.3) is 5.91 Å². The van der Waals surface area contributed by atoms with Gasteiger partial charge in [-0.05, 0) is 44.0 Å². The maximum atomic E-state index is 12.9. The summed E-state index contributed by atoms with van der Waals surface area (Å²) < 4.78 is 0. The summed E-state index contributed by atoms with van der Waals surface area (Å²) in [6.45, 7) is 3.10. The zero-order valence-electron chi connectivity index (χ0n) is 12.5. The van der Waals surface area contributed by atoms with Gasteiger partial charge in [0.2, 0.25) is 0 Å². The molecule has 2 atom stereocenters. The zero-order valence-corrected chi connectivity index (χ0v) is 13.3. The Bertz CT molecular complexity index is 702. The third kappa shape index (κ3) is 2.81. The average molecular weight is 319 g/mol. The van der Waals surface area contributed by atoms with E-state index in [-0.39, 0.29) is 11.8 Å². The number of pyridine rings is 1. The molecule has 5 heteroatoms. The average Bonchev–Trinajstić information content (AvgIpc) is 2.55.